The van der Waals surface area contributed by atoms with E-state index in [1.165, 1.54) is 23.5 Å². The van der Waals surface area contributed by atoms with Crippen molar-refractivity contribution in [3.63, 3.8) is 0 Å². The summed E-state index contributed by atoms with van der Waals surface area (Å²) < 4.78 is 13.8. The predicted molar refractivity (Wildman–Crippen MR) is 75.6 cm³/mol. The van der Waals surface area contributed by atoms with Gasteiger partial charge in [0.1, 0.15) is 5.82 Å². The lowest BCUT2D eigenvalue weighted by Gasteiger charge is -2.02. The molecule has 1 heterocycles. The molecule has 0 fully saturated rings. The van der Waals surface area contributed by atoms with E-state index >= 15 is 0 Å². The lowest BCUT2D eigenvalue weighted by Crippen LogP contribution is -2.23. The van der Waals surface area contributed by atoms with Gasteiger partial charge >= 0.3 is 5.97 Å². The van der Waals surface area contributed by atoms with Crippen molar-refractivity contribution in [1.29, 1.82) is 0 Å². The zero-order valence-corrected chi connectivity index (χ0v) is 11.5. The first-order valence-corrected chi connectivity index (χ1v) is 7.07. The molecular weight excluding hydrogens is 281 g/mol. The minimum atomic E-state index is -0.831. The highest BCUT2D eigenvalue weighted by molar-refractivity contribution is 7.20. The van der Waals surface area contributed by atoms with Crippen LogP contribution in [0.25, 0.3) is 10.1 Å². The van der Waals surface area contributed by atoms with Gasteiger partial charge in [-0.3, -0.25) is 9.59 Å². The van der Waals surface area contributed by atoms with Crippen LogP contribution in [0.1, 0.15) is 28.9 Å². The summed E-state index contributed by atoms with van der Waals surface area (Å²) in [6.07, 6.45) is 1.27. The molecule has 4 nitrogen and oxygen atoms in total. The maximum Gasteiger partial charge on any atom is 0.303 e. The SMILES string of the molecule is O=C(O)CCCCNC(=O)c1cc2ccc(F)cc2s1. The van der Waals surface area contributed by atoms with Crippen LogP contribution in [0.2, 0.25) is 0 Å². The van der Waals surface area contributed by atoms with Gasteiger partial charge in [0.15, 0.2) is 0 Å². The lowest BCUT2D eigenvalue weighted by molar-refractivity contribution is -0.137. The number of carboxylic acids is 1. The topological polar surface area (TPSA) is 66.4 Å². The Morgan fingerprint density at radius 3 is 2.80 bits per heavy atom. The number of unbranched alkanes of at least 4 members (excludes halogenated alkanes) is 1. The third-order valence-electron chi connectivity index (χ3n) is 2.81. The van der Waals surface area contributed by atoms with Crippen molar-refractivity contribution >= 4 is 33.3 Å². The Bertz CT molecular complexity index is 638. The largest absolute Gasteiger partial charge is 0.481 e. The highest BCUT2D eigenvalue weighted by atomic mass is 32.1. The molecule has 2 aromatic rings. The van der Waals surface area contributed by atoms with E-state index in [1.54, 1.807) is 12.1 Å². The van der Waals surface area contributed by atoms with Gasteiger partial charge in [0, 0.05) is 17.7 Å². The second-order valence-electron chi connectivity index (χ2n) is 4.40. The van der Waals surface area contributed by atoms with Crippen LogP contribution >= 0.6 is 11.3 Å². The highest BCUT2D eigenvalue weighted by Gasteiger charge is 2.10. The highest BCUT2D eigenvalue weighted by Crippen LogP contribution is 2.26. The van der Waals surface area contributed by atoms with Gasteiger partial charge in [-0.1, -0.05) is 6.07 Å². The zero-order valence-electron chi connectivity index (χ0n) is 10.7. The molecule has 1 aromatic carbocycles. The first-order chi connectivity index (χ1) is 9.56. The molecule has 0 atom stereocenters. The van der Waals surface area contributed by atoms with Gasteiger partial charge < -0.3 is 10.4 Å². The number of thiophene rings is 1. The summed E-state index contributed by atoms with van der Waals surface area (Å²) in [6.45, 7) is 0.439. The van der Waals surface area contributed by atoms with Crippen LogP contribution in [0.3, 0.4) is 0 Å². The standard InChI is InChI=1S/C14H14FNO3S/c15-10-5-4-9-7-12(20-11(9)8-10)14(19)16-6-2-1-3-13(17)18/h4-5,7-8H,1-3,6H2,(H,16,19)(H,17,18). The van der Waals surface area contributed by atoms with E-state index in [0.29, 0.717) is 24.3 Å². The number of amides is 1. The van der Waals surface area contributed by atoms with E-state index < -0.39 is 5.97 Å². The van der Waals surface area contributed by atoms with Crippen molar-refractivity contribution in [3.05, 3.63) is 35.0 Å². The molecule has 2 rings (SSSR count). The first-order valence-electron chi connectivity index (χ1n) is 6.25. The Morgan fingerprint density at radius 2 is 2.05 bits per heavy atom. The molecule has 0 saturated carbocycles. The number of aliphatic carboxylic acids is 1. The maximum atomic E-state index is 13.1. The summed E-state index contributed by atoms with van der Waals surface area (Å²) in [5, 5.41) is 12.1. The molecule has 0 spiro atoms. The monoisotopic (exact) mass is 295 g/mol. The molecule has 0 aliphatic rings. The van der Waals surface area contributed by atoms with Crippen LogP contribution in [0, 0.1) is 5.82 Å². The molecule has 106 valence electrons. The second kappa shape index (κ2) is 6.47. The normalized spacial score (nSPS) is 10.7. The fourth-order valence-corrected chi connectivity index (χ4v) is 2.81. The molecule has 0 bridgehead atoms. The number of halogens is 1. The van der Waals surface area contributed by atoms with Gasteiger partial charge in [0.2, 0.25) is 0 Å². The minimum Gasteiger partial charge on any atom is -0.481 e. The predicted octanol–water partition coefficient (Wildman–Crippen LogP) is 3.03. The van der Waals surface area contributed by atoms with Crippen LogP contribution < -0.4 is 5.32 Å². The minimum absolute atomic E-state index is 0.109. The number of fused-ring (bicyclic) bond motifs is 1. The summed E-state index contributed by atoms with van der Waals surface area (Å²) in [6, 6.07) is 6.14. The number of rotatable bonds is 6. The summed E-state index contributed by atoms with van der Waals surface area (Å²) in [5.41, 5.74) is 0. The third-order valence-corrected chi connectivity index (χ3v) is 3.91. The molecule has 2 N–H and O–H groups in total. The van der Waals surface area contributed by atoms with Crippen molar-refractivity contribution in [1.82, 2.24) is 5.32 Å². The van der Waals surface area contributed by atoms with Crippen LogP contribution in [0.5, 0.6) is 0 Å². The van der Waals surface area contributed by atoms with E-state index in [1.807, 2.05) is 0 Å². The molecule has 6 heteroatoms. The van der Waals surface area contributed by atoms with E-state index in [9.17, 15) is 14.0 Å². The summed E-state index contributed by atoms with van der Waals surface area (Å²) in [7, 11) is 0. The average Bonchev–Trinajstić information content (AvgIpc) is 2.80. The fraction of sp³-hybridized carbons (Fsp3) is 0.286. The number of carbonyl (C=O) groups is 2. The lowest BCUT2D eigenvalue weighted by atomic mass is 10.2. The van der Waals surface area contributed by atoms with Crippen LogP contribution in [0.4, 0.5) is 4.39 Å². The zero-order chi connectivity index (χ0) is 14.5. The average molecular weight is 295 g/mol. The Morgan fingerprint density at radius 1 is 1.25 bits per heavy atom. The van der Waals surface area contributed by atoms with Gasteiger partial charge in [-0.15, -0.1) is 11.3 Å². The van der Waals surface area contributed by atoms with Gasteiger partial charge in [0.05, 0.1) is 4.88 Å². The molecule has 0 saturated heterocycles. The number of hydrogen-bond acceptors (Lipinski definition) is 3. The number of benzene rings is 1. The molecule has 1 amide bonds. The number of carboxylic acid groups (broad SMARTS) is 1. The molecular formula is C14H14FNO3S. The van der Waals surface area contributed by atoms with Crippen LogP contribution in [-0.4, -0.2) is 23.5 Å². The van der Waals surface area contributed by atoms with Crippen LogP contribution in [0.15, 0.2) is 24.3 Å². The molecule has 0 radical (unpaired) electrons. The Labute approximate surface area is 119 Å². The molecule has 0 aliphatic heterocycles. The number of nitrogens with one attached hydrogen (secondary N) is 1. The van der Waals surface area contributed by atoms with Crippen molar-refractivity contribution in [3.8, 4) is 0 Å². The fourth-order valence-electron chi connectivity index (χ4n) is 1.81. The molecule has 0 unspecified atom stereocenters. The van der Waals surface area contributed by atoms with Gasteiger partial charge in [-0.05, 0) is 36.4 Å². The molecule has 1 aromatic heterocycles. The number of hydrogen-bond donors (Lipinski definition) is 2. The van der Waals surface area contributed by atoms with Gasteiger partial charge in [-0.25, -0.2) is 4.39 Å². The number of carbonyl (C=O) groups excluding carboxylic acids is 1. The van der Waals surface area contributed by atoms with E-state index in [-0.39, 0.29) is 18.1 Å². The Kier molecular flexibility index (Phi) is 4.68. The quantitative estimate of drug-likeness (QED) is 0.805. The third kappa shape index (κ3) is 3.77. The van der Waals surface area contributed by atoms with Crippen molar-refractivity contribution < 1.29 is 19.1 Å². The summed E-state index contributed by atoms with van der Waals surface area (Å²) in [4.78, 5) is 22.7. The first kappa shape index (κ1) is 14.5. The van der Waals surface area contributed by atoms with Crippen molar-refractivity contribution in [2.24, 2.45) is 0 Å². The van der Waals surface area contributed by atoms with E-state index in [4.69, 9.17) is 5.11 Å². The second-order valence-corrected chi connectivity index (χ2v) is 5.48. The van der Waals surface area contributed by atoms with Crippen molar-refractivity contribution in [2.45, 2.75) is 19.3 Å². The summed E-state index contributed by atoms with van der Waals surface area (Å²) >= 11 is 1.24. The van der Waals surface area contributed by atoms with E-state index in [2.05, 4.69) is 5.32 Å². The van der Waals surface area contributed by atoms with Crippen molar-refractivity contribution in [2.75, 3.05) is 6.54 Å². The van der Waals surface area contributed by atoms with Crippen LogP contribution in [-0.2, 0) is 4.79 Å². The smallest absolute Gasteiger partial charge is 0.303 e. The Hall–Kier alpha value is -1.95. The molecule has 0 aliphatic carbocycles. The van der Waals surface area contributed by atoms with Gasteiger partial charge in [0.25, 0.3) is 5.91 Å². The Balaban J connectivity index is 1.89. The molecule has 20 heavy (non-hydrogen) atoms. The summed E-state index contributed by atoms with van der Waals surface area (Å²) in [5.74, 6) is -1.36. The van der Waals surface area contributed by atoms with Gasteiger partial charge in [-0.2, -0.15) is 0 Å². The maximum absolute atomic E-state index is 13.1. The van der Waals surface area contributed by atoms with E-state index in [0.717, 1.165) is 10.1 Å².